The lowest BCUT2D eigenvalue weighted by Gasteiger charge is -2.17. The van der Waals surface area contributed by atoms with Crippen LogP contribution in [0.1, 0.15) is 33.2 Å². The summed E-state index contributed by atoms with van der Waals surface area (Å²) in [6.45, 7) is 3.50. The van der Waals surface area contributed by atoms with Crippen LogP contribution in [0.15, 0.2) is 65.7 Å². The molecule has 1 amide bonds. The summed E-state index contributed by atoms with van der Waals surface area (Å²) in [6, 6.07) is 15.1. The van der Waals surface area contributed by atoms with Crippen LogP contribution in [-0.4, -0.2) is 37.3 Å². The standard InChI is InChI=1S/C23H24N2O4S/c1-15-4-7-17(8-5-15)19-10-20(12-21(11-19)30(3,28)29)23(27)25-22(14-26)18-9-6-16(2)24-13-18/h4-13,22,26H,14H2,1-3H3,(H,25,27)/t22-/m1/s1. The van der Waals surface area contributed by atoms with E-state index in [9.17, 15) is 18.3 Å². The first-order valence-electron chi connectivity index (χ1n) is 9.44. The summed E-state index contributed by atoms with van der Waals surface area (Å²) < 4.78 is 24.4. The second-order valence-electron chi connectivity index (χ2n) is 7.33. The fraction of sp³-hybridized carbons (Fsp3) is 0.217. The highest BCUT2D eigenvalue weighted by Gasteiger charge is 2.19. The summed E-state index contributed by atoms with van der Waals surface area (Å²) in [6.07, 6.45) is 2.71. The smallest absolute Gasteiger partial charge is 0.251 e. The van der Waals surface area contributed by atoms with Crippen molar-refractivity contribution in [2.45, 2.75) is 24.8 Å². The summed E-state index contributed by atoms with van der Waals surface area (Å²) in [5.41, 5.74) is 4.20. The van der Waals surface area contributed by atoms with Crippen LogP contribution in [0.2, 0.25) is 0 Å². The van der Waals surface area contributed by atoms with Crippen molar-refractivity contribution in [3.63, 3.8) is 0 Å². The molecule has 3 aromatic rings. The average molecular weight is 425 g/mol. The van der Waals surface area contributed by atoms with Crippen molar-refractivity contribution >= 4 is 15.7 Å². The zero-order chi connectivity index (χ0) is 21.9. The second-order valence-corrected chi connectivity index (χ2v) is 9.34. The number of pyridine rings is 1. The fourth-order valence-electron chi connectivity index (χ4n) is 3.02. The molecule has 7 heteroatoms. The molecule has 0 bridgehead atoms. The summed E-state index contributed by atoms with van der Waals surface area (Å²) in [5.74, 6) is -0.478. The molecular formula is C23H24N2O4S. The van der Waals surface area contributed by atoms with Crippen LogP contribution >= 0.6 is 0 Å². The summed E-state index contributed by atoms with van der Waals surface area (Å²) >= 11 is 0. The third kappa shape index (κ3) is 5.11. The third-order valence-electron chi connectivity index (χ3n) is 4.81. The van der Waals surface area contributed by atoms with Gasteiger partial charge in [-0.1, -0.05) is 35.9 Å². The summed E-state index contributed by atoms with van der Waals surface area (Å²) in [5, 5.41) is 12.5. The van der Waals surface area contributed by atoms with Crippen LogP contribution < -0.4 is 5.32 Å². The molecule has 0 radical (unpaired) electrons. The quantitative estimate of drug-likeness (QED) is 0.633. The number of aromatic nitrogens is 1. The molecule has 2 N–H and O–H groups in total. The Balaban J connectivity index is 1.98. The molecule has 1 aromatic heterocycles. The molecule has 1 atom stereocenters. The van der Waals surface area contributed by atoms with Crippen molar-refractivity contribution in [1.82, 2.24) is 10.3 Å². The number of aliphatic hydroxyl groups is 1. The van der Waals surface area contributed by atoms with Crippen molar-refractivity contribution in [2.24, 2.45) is 0 Å². The van der Waals surface area contributed by atoms with Gasteiger partial charge in [-0.05, 0) is 54.8 Å². The number of sulfone groups is 1. The summed E-state index contributed by atoms with van der Waals surface area (Å²) in [4.78, 5) is 17.2. The number of nitrogens with one attached hydrogen (secondary N) is 1. The molecule has 0 unspecified atom stereocenters. The Bertz CT molecular complexity index is 1150. The molecule has 0 aliphatic carbocycles. The van der Waals surface area contributed by atoms with Crippen molar-refractivity contribution in [3.8, 4) is 11.1 Å². The van der Waals surface area contributed by atoms with E-state index in [0.29, 0.717) is 11.1 Å². The van der Waals surface area contributed by atoms with Crippen molar-refractivity contribution < 1.29 is 18.3 Å². The molecule has 0 spiro atoms. The van der Waals surface area contributed by atoms with Crippen LogP contribution in [-0.2, 0) is 9.84 Å². The van der Waals surface area contributed by atoms with Crippen LogP contribution in [0.4, 0.5) is 0 Å². The topological polar surface area (TPSA) is 96.4 Å². The highest BCUT2D eigenvalue weighted by molar-refractivity contribution is 7.90. The van der Waals surface area contributed by atoms with Gasteiger partial charge in [0, 0.05) is 23.7 Å². The van der Waals surface area contributed by atoms with Crippen LogP contribution in [0.25, 0.3) is 11.1 Å². The number of carbonyl (C=O) groups excluding carboxylic acids is 1. The van der Waals surface area contributed by atoms with Gasteiger partial charge in [0.05, 0.1) is 17.5 Å². The van der Waals surface area contributed by atoms with Gasteiger partial charge >= 0.3 is 0 Å². The second kappa shape index (κ2) is 8.77. The molecular weight excluding hydrogens is 400 g/mol. The molecule has 30 heavy (non-hydrogen) atoms. The first-order valence-corrected chi connectivity index (χ1v) is 11.3. The normalized spacial score (nSPS) is 12.4. The molecule has 0 saturated heterocycles. The fourth-order valence-corrected chi connectivity index (χ4v) is 3.70. The zero-order valence-corrected chi connectivity index (χ0v) is 17.9. The van der Waals surface area contributed by atoms with Crippen LogP contribution in [0.5, 0.6) is 0 Å². The van der Waals surface area contributed by atoms with Gasteiger partial charge in [0.25, 0.3) is 5.91 Å². The van der Waals surface area contributed by atoms with E-state index < -0.39 is 21.8 Å². The Morgan fingerprint density at radius 1 is 1.03 bits per heavy atom. The van der Waals surface area contributed by atoms with Crippen molar-refractivity contribution in [3.05, 3.63) is 83.2 Å². The first-order chi connectivity index (χ1) is 14.2. The molecule has 6 nitrogen and oxygen atoms in total. The lowest BCUT2D eigenvalue weighted by atomic mass is 10.0. The molecule has 0 aliphatic rings. The average Bonchev–Trinajstić information content (AvgIpc) is 2.72. The number of hydrogen-bond acceptors (Lipinski definition) is 5. The molecule has 156 valence electrons. The van der Waals surface area contributed by atoms with Gasteiger partial charge < -0.3 is 10.4 Å². The Morgan fingerprint density at radius 3 is 2.30 bits per heavy atom. The number of amides is 1. The maximum absolute atomic E-state index is 12.9. The number of aryl methyl sites for hydroxylation is 2. The highest BCUT2D eigenvalue weighted by Crippen LogP contribution is 2.26. The van der Waals surface area contributed by atoms with E-state index in [4.69, 9.17) is 0 Å². The molecule has 0 fully saturated rings. The Kier molecular flexibility index (Phi) is 6.34. The van der Waals surface area contributed by atoms with E-state index in [-0.39, 0.29) is 17.1 Å². The number of aliphatic hydroxyl groups excluding tert-OH is 1. The number of benzene rings is 2. The summed E-state index contributed by atoms with van der Waals surface area (Å²) in [7, 11) is -3.53. The Hall–Kier alpha value is -3.03. The lowest BCUT2D eigenvalue weighted by molar-refractivity contribution is 0.0916. The predicted molar refractivity (Wildman–Crippen MR) is 116 cm³/mol. The zero-order valence-electron chi connectivity index (χ0n) is 17.1. The minimum atomic E-state index is -3.53. The van der Waals surface area contributed by atoms with Gasteiger partial charge in [-0.25, -0.2) is 8.42 Å². The SMILES string of the molecule is Cc1ccc(-c2cc(C(=O)N[C@H](CO)c3ccc(C)nc3)cc(S(C)(=O)=O)c2)cc1. The van der Waals surface area contributed by atoms with E-state index in [1.165, 1.54) is 6.07 Å². The van der Waals surface area contributed by atoms with E-state index in [2.05, 4.69) is 10.3 Å². The van der Waals surface area contributed by atoms with Gasteiger partial charge in [0.2, 0.25) is 0 Å². The maximum atomic E-state index is 12.9. The molecule has 3 rings (SSSR count). The van der Waals surface area contributed by atoms with E-state index >= 15 is 0 Å². The van der Waals surface area contributed by atoms with E-state index in [1.54, 1.807) is 30.5 Å². The number of nitrogens with zero attached hydrogens (tertiary/aromatic N) is 1. The Labute approximate surface area is 176 Å². The van der Waals surface area contributed by atoms with Gasteiger partial charge in [0.1, 0.15) is 0 Å². The monoisotopic (exact) mass is 424 g/mol. The van der Waals surface area contributed by atoms with Crippen molar-refractivity contribution in [2.75, 3.05) is 12.9 Å². The molecule has 0 aliphatic heterocycles. The predicted octanol–water partition coefficient (Wildman–Crippen LogP) is 3.23. The largest absolute Gasteiger partial charge is 0.394 e. The van der Waals surface area contributed by atoms with Gasteiger partial charge in [-0.3, -0.25) is 9.78 Å². The number of rotatable bonds is 6. The van der Waals surface area contributed by atoms with Gasteiger partial charge in [-0.15, -0.1) is 0 Å². The van der Waals surface area contributed by atoms with E-state index in [0.717, 1.165) is 23.1 Å². The molecule has 1 heterocycles. The maximum Gasteiger partial charge on any atom is 0.251 e. The van der Waals surface area contributed by atoms with Crippen LogP contribution in [0, 0.1) is 13.8 Å². The van der Waals surface area contributed by atoms with Gasteiger partial charge in [0.15, 0.2) is 9.84 Å². The minimum Gasteiger partial charge on any atom is -0.394 e. The minimum absolute atomic E-state index is 0.0586. The van der Waals surface area contributed by atoms with Crippen LogP contribution in [0.3, 0.4) is 0 Å². The number of hydrogen-bond donors (Lipinski definition) is 2. The third-order valence-corrected chi connectivity index (χ3v) is 5.90. The molecule has 2 aromatic carbocycles. The highest BCUT2D eigenvalue weighted by atomic mass is 32.2. The van der Waals surface area contributed by atoms with E-state index in [1.807, 2.05) is 38.1 Å². The Morgan fingerprint density at radius 2 is 1.73 bits per heavy atom. The van der Waals surface area contributed by atoms with Gasteiger partial charge in [-0.2, -0.15) is 0 Å². The lowest BCUT2D eigenvalue weighted by Crippen LogP contribution is -2.31. The number of carbonyl (C=O) groups is 1. The first kappa shape index (κ1) is 21.7. The molecule has 0 saturated carbocycles. The van der Waals surface area contributed by atoms with Crippen molar-refractivity contribution in [1.29, 1.82) is 0 Å².